The average molecular weight is 286 g/mol. The Morgan fingerprint density at radius 1 is 1.35 bits per heavy atom. The lowest BCUT2D eigenvalue weighted by atomic mass is 9.74. The summed E-state index contributed by atoms with van der Waals surface area (Å²) < 4.78 is 4.95. The number of methoxy groups -OCH3 is 1. The zero-order valence-electron chi connectivity index (χ0n) is 13.0. The van der Waals surface area contributed by atoms with Gasteiger partial charge in [-0.1, -0.05) is 6.08 Å². The normalized spacial score (nSPS) is 11.8. The summed E-state index contributed by atoms with van der Waals surface area (Å²) in [6.45, 7) is 11.4. The van der Waals surface area contributed by atoms with E-state index in [1.165, 1.54) is 4.90 Å². The number of aliphatic carboxylic acids is 1. The average Bonchev–Trinajstić information content (AvgIpc) is 2.33. The molecule has 2 N–H and O–H groups in total. The number of carboxylic acid groups (broad SMARTS) is 1. The van der Waals surface area contributed by atoms with Crippen LogP contribution in [0.4, 0.5) is 4.79 Å². The number of amides is 2. The van der Waals surface area contributed by atoms with Gasteiger partial charge in [-0.05, 0) is 27.7 Å². The molecule has 6 nitrogen and oxygen atoms in total. The van der Waals surface area contributed by atoms with Gasteiger partial charge >= 0.3 is 12.0 Å². The van der Waals surface area contributed by atoms with E-state index in [0.717, 1.165) is 0 Å². The van der Waals surface area contributed by atoms with E-state index < -0.39 is 16.9 Å². The van der Waals surface area contributed by atoms with E-state index in [0.29, 0.717) is 19.7 Å². The van der Waals surface area contributed by atoms with Gasteiger partial charge in [0, 0.05) is 20.2 Å². The van der Waals surface area contributed by atoms with Gasteiger partial charge in [-0.25, -0.2) is 4.79 Å². The van der Waals surface area contributed by atoms with Crippen LogP contribution in [0.5, 0.6) is 0 Å². The van der Waals surface area contributed by atoms with Gasteiger partial charge in [0.25, 0.3) is 0 Å². The molecule has 116 valence electrons. The van der Waals surface area contributed by atoms with Crippen molar-refractivity contribution in [3.8, 4) is 0 Å². The predicted molar refractivity (Wildman–Crippen MR) is 77.7 cm³/mol. The maximum absolute atomic E-state index is 12.2. The summed E-state index contributed by atoms with van der Waals surface area (Å²) in [6.07, 6.45) is 1.62. The van der Waals surface area contributed by atoms with Gasteiger partial charge in [-0.2, -0.15) is 0 Å². The molecule has 0 saturated heterocycles. The van der Waals surface area contributed by atoms with Crippen molar-refractivity contribution in [1.82, 2.24) is 10.2 Å². The Morgan fingerprint density at radius 2 is 1.90 bits per heavy atom. The quantitative estimate of drug-likeness (QED) is 0.666. The monoisotopic (exact) mass is 286 g/mol. The van der Waals surface area contributed by atoms with Crippen LogP contribution in [0, 0.1) is 5.41 Å². The highest BCUT2D eigenvalue weighted by Crippen LogP contribution is 2.30. The molecule has 0 spiro atoms. The molecule has 0 aromatic heterocycles. The third-order valence-corrected chi connectivity index (χ3v) is 3.72. The first-order chi connectivity index (χ1) is 9.10. The van der Waals surface area contributed by atoms with E-state index in [9.17, 15) is 14.7 Å². The minimum Gasteiger partial charge on any atom is -0.481 e. The molecule has 0 fully saturated rings. The number of ether oxygens (including phenoxy) is 1. The molecular weight excluding hydrogens is 260 g/mol. The Kier molecular flexibility index (Phi) is 6.72. The smallest absolute Gasteiger partial charge is 0.318 e. The summed E-state index contributed by atoms with van der Waals surface area (Å²) in [5, 5.41) is 12.0. The first kappa shape index (κ1) is 18.4. The second-order valence-corrected chi connectivity index (χ2v) is 5.71. The van der Waals surface area contributed by atoms with Crippen LogP contribution in [0.1, 0.15) is 27.7 Å². The summed E-state index contributed by atoms with van der Waals surface area (Å²) in [4.78, 5) is 25.1. The van der Waals surface area contributed by atoms with Crippen LogP contribution in [-0.4, -0.2) is 54.4 Å². The standard InChI is InChI=1S/C14H26N2O4/c1-7-8-16(9-10-20-6)12(19)15-14(4,5)13(2,3)11(17)18/h7H,1,8-10H2,2-6H3,(H,15,19)(H,17,18). The molecule has 0 rings (SSSR count). The number of carbonyl (C=O) groups excluding carboxylic acids is 1. The van der Waals surface area contributed by atoms with Crippen LogP contribution in [0.25, 0.3) is 0 Å². The summed E-state index contributed by atoms with van der Waals surface area (Å²) in [7, 11) is 1.56. The van der Waals surface area contributed by atoms with Gasteiger partial charge in [0.05, 0.1) is 17.6 Å². The van der Waals surface area contributed by atoms with Crippen LogP contribution in [0.3, 0.4) is 0 Å². The molecule has 0 aliphatic carbocycles. The summed E-state index contributed by atoms with van der Waals surface area (Å²) in [5.74, 6) is -0.963. The minimum atomic E-state index is -1.09. The number of carbonyl (C=O) groups is 2. The number of hydrogen-bond acceptors (Lipinski definition) is 3. The highest BCUT2D eigenvalue weighted by atomic mass is 16.5. The number of hydrogen-bond donors (Lipinski definition) is 2. The van der Waals surface area contributed by atoms with E-state index in [4.69, 9.17) is 4.74 Å². The molecule has 2 amide bonds. The van der Waals surface area contributed by atoms with Crippen LogP contribution in [0.2, 0.25) is 0 Å². The van der Waals surface area contributed by atoms with Crippen LogP contribution in [0.15, 0.2) is 12.7 Å². The summed E-state index contributed by atoms with van der Waals surface area (Å²) >= 11 is 0. The van der Waals surface area contributed by atoms with Gasteiger partial charge in [-0.15, -0.1) is 6.58 Å². The Balaban J connectivity index is 4.92. The number of rotatable bonds is 8. The summed E-state index contributed by atoms with van der Waals surface area (Å²) in [5.41, 5.74) is -1.99. The van der Waals surface area contributed by atoms with Gasteiger partial charge in [0.15, 0.2) is 0 Å². The molecule has 0 bridgehead atoms. The molecule has 0 aliphatic rings. The van der Waals surface area contributed by atoms with Crippen molar-refractivity contribution >= 4 is 12.0 Å². The lowest BCUT2D eigenvalue weighted by molar-refractivity contribution is -0.150. The van der Waals surface area contributed by atoms with E-state index in [1.54, 1.807) is 40.9 Å². The maximum Gasteiger partial charge on any atom is 0.318 e. The topological polar surface area (TPSA) is 78.9 Å². The Labute approximate surface area is 120 Å². The SMILES string of the molecule is C=CCN(CCOC)C(=O)NC(C)(C)C(C)(C)C(=O)O. The lowest BCUT2D eigenvalue weighted by Gasteiger charge is -2.40. The fourth-order valence-electron chi connectivity index (χ4n) is 1.40. The number of nitrogens with zero attached hydrogens (tertiary/aromatic N) is 1. The molecule has 0 aromatic carbocycles. The molecule has 0 heterocycles. The van der Waals surface area contributed by atoms with Crippen molar-refractivity contribution in [1.29, 1.82) is 0 Å². The fourth-order valence-corrected chi connectivity index (χ4v) is 1.40. The minimum absolute atomic E-state index is 0.332. The number of nitrogens with one attached hydrogen (secondary N) is 1. The first-order valence-electron chi connectivity index (χ1n) is 6.50. The molecule has 0 atom stereocenters. The predicted octanol–water partition coefficient (Wildman–Crippen LogP) is 1.72. The van der Waals surface area contributed by atoms with Crippen molar-refractivity contribution in [2.24, 2.45) is 5.41 Å². The maximum atomic E-state index is 12.2. The Hall–Kier alpha value is -1.56. The Bertz CT molecular complexity index is 364. The first-order valence-corrected chi connectivity index (χ1v) is 6.50. The zero-order chi connectivity index (χ0) is 16.0. The van der Waals surface area contributed by atoms with Crippen molar-refractivity contribution in [2.75, 3.05) is 26.8 Å². The van der Waals surface area contributed by atoms with Gasteiger partial charge in [-0.3, -0.25) is 4.79 Å². The van der Waals surface area contributed by atoms with Crippen molar-refractivity contribution in [2.45, 2.75) is 33.2 Å². The zero-order valence-corrected chi connectivity index (χ0v) is 13.0. The van der Waals surface area contributed by atoms with E-state index in [2.05, 4.69) is 11.9 Å². The van der Waals surface area contributed by atoms with Gasteiger partial charge < -0.3 is 20.1 Å². The fraction of sp³-hybridized carbons (Fsp3) is 0.714. The van der Waals surface area contributed by atoms with Crippen molar-refractivity contribution in [3.63, 3.8) is 0 Å². The van der Waals surface area contributed by atoms with Crippen LogP contribution < -0.4 is 5.32 Å². The molecule has 20 heavy (non-hydrogen) atoms. The van der Waals surface area contributed by atoms with Gasteiger partial charge in [0.1, 0.15) is 0 Å². The van der Waals surface area contributed by atoms with E-state index in [1.807, 2.05) is 0 Å². The second-order valence-electron chi connectivity index (χ2n) is 5.71. The Morgan fingerprint density at radius 3 is 2.30 bits per heavy atom. The molecular formula is C14H26N2O4. The molecule has 0 radical (unpaired) electrons. The summed E-state index contributed by atoms with van der Waals surface area (Å²) in [6, 6.07) is -0.332. The number of urea groups is 1. The van der Waals surface area contributed by atoms with Crippen molar-refractivity contribution in [3.05, 3.63) is 12.7 Å². The largest absolute Gasteiger partial charge is 0.481 e. The molecule has 6 heteroatoms. The van der Waals surface area contributed by atoms with E-state index in [-0.39, 0.29) is 6.03 Å². The highest BCUT2D eigenvalue weighted by molar-refractivity contribution is 5.79. The molecule has 0 saturated carbocycles. The third kappa shape index (κ3) is 4.52. The van der Waals surface area contributed by atoms with Crippen molar-refractivity contribution < 1.29 is 19.4 Å². The molecule has 0 aliphatic heterocycles. The highest BCUT2D eigenvalue weighted by Gasteiger charge is 2.44. The lowest BCUT2D eigenvalue weighted by Crippen LogP contribution is -2.59. The number of carboxylic acids is 1. The van der Waals surface area contributed by atoms with Crippen LogP contribution in [-0.2, 0) is 9.53 Å². The molecule has 0 aromatic rings. The van der Waals surface area contributed by atoms with Crippen LogP contribution >= 0.6 is 0 Å². The van der Waals surface area contributed by atoms with E-state index >= 15 is 0 Å². The second kappa shape index (κ2) is 7.28. The third-order valence-electron chi connectivity index (χ3n) is 3.72. The molecule has 0 unspecified atom stereocenters. The van der Waals surface area contributed by atoms with Gasteiger partial charge in [0.2, 0.25) is 0 Å².